The summed E-state index contributed by atoms with van der Waals surface area (Å²) in [5.41, 5.74) is 6.11. The summed E-state index contributed by atoms with van der Waals surface area (Å²) in [7, 11) is -1.71. The minimum atomic E-state index is -1.71. The van der Waals surface area contributed by atoms with Gasteiger partial charge in [-0.1, -0.05) is 6.07 Å². The van der Waals surface area contributed by atoms with E-state index in [9.17, 15) is 0 Å². The van der Waals surface area contributed by atoms with Gasteiger partial charge in [0.15, 0.2) is 5.82 Å². The molecule has 0 aliphatic rings. The van der Waals surface area contributed by atoms with Gasteiger partial charge in [-0.25, -0.2) is 4.68 Å². The molecule has 0 fully saturated rings. The number of tetrazole rings is 1. The highest BCUT2D eigenvalue weighted by Gasteiger charge is 2.15. The van der Waals surface area contributed by atoms with Gasteiger partial charge in [-0.2, -0.15) is 0 Å². The zero-order valence-electron chi connectivity index (χ0n) is 11.9. The van der Waals surface area contributed by atoms with Crippen molar-refractivity contribution >= 4 is 31.1 Å². The average molecular weight is 348 g/mol. The van der Waals surface area contributed by atoms with Crippen LogP contribution in [0.15, 0.2) is 17.5 Å². The number of aromatic nitrogens is 4. The Labute approximate surface area is 138 Å². The van der Waals surface area contributed by atoms with E-state index < -0.39 is 7.32 Å². The Bertz CT molecular complexity index is 528. The van der Waals surface area contributed by atoms with Crippen LogP contribution in [0.4, 0.5) is 0 Å². The second kappa shape index (κ2) is 9.88. The minimum absolute atomic E-state index is 0. The molecule has 0 saturated carbocycles. The quantitative estimate of drug-likeness (QED) is 0.442. The van der Waals surface area contributed by atoms with Crippen LogP contribution in [0.1, 0.15) is 36.0 Å². The summed E-state index contributed by atoms with van der Waals surface area (Å²) in [6, 6.07) is 3.76. The van der Waals surface area contributed by atoms with Gasteiger partial charge in [-0.05, 0) is 41.1 Å². The number of nitrogens with two attached hydrogens (primary N) is 1. The van der Waals surface area contributed by atoms with Gasteiger partial charge in [0.25, 0.3) is 0 Å². The topological polar surface area (TPSA) is 119 Å². The highest BCUT2D eigenvalue weighted by molar-refractivity contribution is 7.09. The standard InChI is InChI=1S/C11H18BN5O3S.ClH/c13-10(5-1-2-6-20-12(18)19)11-14-15-16-17(11)8-9-4-3-7-21-9;/h3-4,7,10,18-19H,1-2,5-6,8,13H2;1H. The van der Waals surface area contributed by atoms with E-state index in [-0.39, 0.29) is 25.1 Å². The maximum Gasteiger partial charge on any atom is 0.633 e. The first-order valence-corrected chi connectivity index (χ1v) is 7.56. The van der Waals surface area contributed by atoms with E-state index in [2.05, 4.69) is 20.2 Å². The molecular weight excluding hydrogens is 328 g/mol. The number of hydrogen-bond acceptors (Lipinski definition) is 8. The van der Waals surface area contributed by atoms with Gasteiger partial charge < -0.3 is 20.4 Å². The third-order valence-electron chi connectivity index (χ3n) is 2.95. The van der Waals surface area contributed by atoms with Crippen LogP contribution >= 0.6 is 23.7 Å². The van der Waals surface area contributed by atoms with E-state index in [1.807, 2.05) is 17.5 Å². The lowest BCUT2D eigenvalue weighted by Crippen LogP contribution is -2.19. The van der Waals surface area contributed by atoms with Crippen LogP contribution in [-0.4, -0.2) is 44.2 Å². The Kier molecular flexibility index (Phi) is 8.53. The van der Waals surface area contributed by atoms with Gasteiger partial charge in [-0.3, -0.25) is 0 Å². The molecular formula is C11H19BClN5O3S. The third kappa shape index (κ3) is 5.99. The van der Waals surface area contributed by atoms with Gasteiger partial charge in [0, 0.05) is 11.5 Å². The lowest BCUT2D eigenvalue weighted by Gasteiger charge is -2.11. The number of thiophene rings is 1. The zero-order valence-corrected chi connectivity index (χ0v) is 13.5. The van der Waals surface area contributed by atoms with Crippen LogP contribution in [0.25, 0.3) is 0 Å². The summed E-state index contributed by atoms with van der Waals surface area (Å²) in [5.74, 6) is 0.659. The first-order valence-electron chi connectivity index (χ1n) is 6.68. The van der Waals surface area contributed by atoms with Crippen LogP contribution in [-0.2, 0) is 11.2 Å². The number of unbranched alkanes of at least 4 members (excludes halogenated alkanes) is 1. The Morgan fingerprint density at radius 1 is 1.41 bits per heavy atom. The van der Waals surface area contributed by atoms with E-state index in [1.165, 1.54) is 4.88 Å². The largest absolute Gasteiger partial charge is 0.633 e. The molecule has 122 valence electrons. The second-order valence-electron chi connectivity index (χ2n) is 4.57. The maximum absolute atomic E-state index is 8.55. The molecule has 0 aliphatic carbocycles. The first kappa shape index (κ1) is 19.0. The monoisotopic (exact) mass is 347 g/mol. The van der Waals surface area contributed by atoms with Crippen LogP contribution < -0.4 is 5.73 Å². The molecule has 8 nitrogen and oxygen atoms in total. The number of rotatable bonds is 9. The van der Waals surface area contributed by atoms with Crippen LogP contribution in [0.2, 0.25) is 0 Å². The van der Waals surface area contributed by atoms with Crippen molar-refractivity contribution in [2.75, 3.05) is 6.61 Å². The molecule has 0 aromatic carbocycles. The molecule has 1 atom stereocenters. The Balaban J connectivity index is 0.00000242. The Morgan fingerprint density at radius 3 is 2.91 bits per heavy atom. The fraction of sp³-hybridized carbons (Fsp3) is 0.545. The fourth-order valence-corrected chi connectivity index (χ4v) is 2.61. The molecule has 0 saturated heterocycles. The van der Waals surface area contributed by atoms with Crippen LogP contribution in [0.3, 0.4) is 0 Å². The molecule has 2 heterocycles. The summed E-state index contributed by atoms with van der Waals surface area (Å²) in [4.78, 5) is 1.17. The van der Waals surface area contributed by atoms with Crippen molar-refractivity contribution in [2.45, 2.75) is 31.8 Å². The normalized spacial score (nSPS) is 12.0. The summed E-state index contributed by atoms with van der Waals surface area (Å²) in [6.07, 6.45) is 2.19. The molecule has 11 heteroatoms. The second-order valence-corrected chi connectivity index (χ2v) is 5.61. The van der Waals surface area contributed by atoms with Gasteiger partial charge in [0.2, 0.25) is 0 Å². The predicted molar refractivity (Wildman–Crippen MR) is 85.4 cm³/mol. The lowest BCUT2D eigenvalue weighted by atomic mass is 10.1. The predicted octanol–water partition coefficient (Wildman–Crippen LogP) is 0.361. The highest BCUT2D eigenvalue weighted by atomic mass is 35.5. The molecule has 4 N–H and O–H groups in total. The van der Waals surface area contributed by atoms with Crippen LogP contribution in [0.5, 0.6) is 0 Å². The summed E-state index contributed by atoms with van der Waals surface area (Å²) in [5, 5.41) is 30.8. The van der Waals surface area contributed by atoms with Crippen molar-refractivity contribution in [2.24, 2.45) is 5.73 Å². The Morgan fingerprint density at radius 2 is 2.23 bits per heavy atom. The molecule has 0 spiro atoms. The van der Waals surface area contributed by atoms with Crippen molar-refractivity contribution in [3.8, 4) is 0 Å². The molecule has 2 aromatic heterocycles. The zero-order chi connectivity index (χ0) is 15.1. The van der Waals surface area contributed by atoms with Crippen molar-refractivity contribution in [3.05, 3.63) is 28.2 Å². The van der Waals surface area contributed by atoms with Gasteiger partial charge in [-0.15, -0.1) is 28.8 Å². The average Bonchev–Trinajstić information content (AvgIpc) is 3.10. The summed E-state index contributed by atoms with van der Waals surface area (Å²) >= 11 is 1.65. The van der Waals surface area contributed by atoms with E-state index in [1.54, 1.807) is 16.0 Å². The van der Waals surface area contributed by atoms with Gasteiger partial charge in [0.05, 0.1) is 12.6 Å². The SMILES string of the molecule is Cl.NC(CCCCOB(O)O)c1nnnn1Cc1cccs1. The van der Waals surface area contributed by atoms with E-state index in [0.717, 1.165) is 6.42 Å². The number of hydrogen-bond donors (Lipinski definition) is 3. The smallest absolute Gasteiger partial charge is 0.402 e. The van der Waals surface area contributed by atoms with Gasteiger partial charge in [0.1, 0.15) is 0 Å². The molecule has 1 unspecified atom stereocenters. The first-order chi connectivity index (χ1) is 10.2. The molecule has 0 amide bonds. The maximum atomic E-state index is 8.55. The van der Waals surface area contributed by atoms with Crippen molar-refractivity contribution in [1.29, 1.82) is 0 Å². The highest BCUT2D eigenvalue weighted by Crippen LogP contribution is 2.16. The molecule has 22 heavy (non-hydrogen) atoms. The number of nitrogens with zero attached hydrogens (tertiary/aromatic N) is 4. The molecule has 0 bridgehead atoms. The third-order valence-corrected chi connectivity index (χ3v) is 3.81. The fourth-order valence-electron chi connectivity index (χ4n) is 1.92. The van der Waals surface area contributed by atoms with Crippen molar-refractivity contribution < 1.29 is 14.7 Å². The molecule has 0 aliphatic heterocycles. The Hall–Kier alpha value is -1.04. The summed E-state index contributed by atoms with van der Waals surface area (Å²) in [6.45, 7) is 0.901. The van der Waals surface area contributed by atoms with Crippen LogP contribution in [0, 0.1) is 0 Å². The van der Waals surface area contributed by atoms with Gasteiger partial charge >= 0.3 is 7.32 Å². The molecule has 2 aromatic rings. The van der Waals surface area contributed by atoms with Crippen molar-refractivity contribution in [1.82, 2.24) is 20.2 Å². The lowest BCUT2D eigenvalue weighted by molar-refractivity contribution is 0.181. The van der Waals surface area contributed by atoms with Crippen molar-refractivity contribution in [3.63, 3.8) is 0 Å². The van der Waals surface area contributed by atoms with E-state index >= 15 is 0 Å². The van der Waals surface area contributed by atoms with E-state index in [0.29, 0.717) is 25.2 Å². The van der Waals surface area contributed by atoms with E-state index in [4.69, 9.17) is 15.8 Å². The molecule has 2 rings (SSSR count). The molecule has 0 radical (unpaired) electrons. The minimum Gasteiger partial charge on any atom is -0.402 e. The summed E-state index contributed by atoms with van der Waals surface area (Å²) < 4.78 is 6.35. The number of halogens is 1.